The number of fused-ring (bicyclic) bond motifs is 1. The average molecular weight is 493 g/mol. The van der Waals surface area contributed by atoms with Crippen LogP contribution in [0.25, 0.3) is 0 Å². The molecule has 1 aliphatic rings. The van der Waals surface area contributed by atoms with E-state index in [9.17, 15) is 14.4 Å². The minimum Gasteiger partial charge on any atom is -0.387 e. The van der Waals surface area contributed by atoms with Gasteiger partial charge in [0.15, 0.2) is 5.71 Å². The Bertz CT molecular complexity index is 1150. The van der Waals surface area contributed by atoms with Crippen molar-refractivity contribution >= 4 is 23.6 Å². The minimum atomic E-state index is -1.15. The van der Waals surface area contributed by atoms with Crippen molar-refractivity contribution in [3.8, 4) is 0 Å². The molecule has 192 valence electrons. The maximum Gasteiger partial charge on any atom is 0.358 e. The Labute approximate surface area is 213 Å². The molecule has 0 fully saturated rings. The number of primary amides is 1. The van der Waals surface area contributed by atoms with E-state index in [0.717, 1.165) is 24.8 Å². The second-order valence-corrected chi connectivity index (χ2v) is 10.6. The van der Waals surface area contributed by atoms with E-state index in [2.05, 4.69) is 32.9 Å². The quantitative estimate of drug-likeness (QED) is 0.224. The first-order chi connectivity index (χ1) is 17.0. The van der Waals surface area contributed by atoms with Crippen LogP contribution in [0.1, 0.15) is 93.8 Å². The number of hydrogen-bond donors (Lipinski definition) is 1. The molecule has 0 aromatic heterocycles. The first-order valence-corrected chi connectivity index (χ1v) is 12.5. The van der Waals surface area contributed by atoms with Crippen LogP contribution in [-0.4, -0.2) is 29.7 Å². The number of oxime groups is 1. The molecule has 36 heavy (non-hydrogen) atoms. The Morgan fingerprint density at radius 1 is 0.944 bits per heavy atom. The SMILES string of the molecule is CCCCC(ON=C(C(N)=O)c1ccc2c(c1)C(C)(C)CCC2(C)C)C(=O)OC(=O)c1ccccc1. The molecule has 7 heteroatoms. The van der Waals surface area contributed by atoms with E-state index in [1.165, 1.54) is 5.56 Å². The summed E-state index contributed by atoms with van der Waals surface area (Å²) in [5.41, 5.74) is 8.67. The third-order valence-corrected chi connectivity index (χ3v) is 6.92. The van der Waals surface area contributed by atoms with Gasteiger partial charge in [0, 0.05) is 5.56 Å². The van der Waals surface area contributed by atoms with Crippen LogP contribution in [-0.2, 0) is 30.0 Å². The lowest BCUT2D eigenvalue weighted by atomic mass is 9.63. The first kappa shape index (κ1) is 27.1. The second kappa shape index (κ2) is 11.1. The normalized spacial score (nSPS) is 17.0. The molecule has 0 aliphatic heterocycles. The predicted octanol–water partition coefficient (Wildman–Crippen LogP) is 5.18. The van der Waals surface area contributed by atoms with Crippen LogP contribution in [0.15, 0.2) is 53.7 Å². The van der Waals surface area contributed by atoms with Gasteiger partial charge in [0.1, 0.15) is 0 Å². The van der Waals surface area contributed by atoms with E-state index in [1.807, 2.05) is 25.1 Å². The summed E-state index contributed by atoms with van der Waals surface area (Å²) >= 11 is 0. The summed E-state index contributed by atoms with van der Waals surface area (Å²) in [5.74, 6) is -2.41. The monoisotopic (exact) mass is 492 g/mol. The van der Waals surface area contributed by atoms with Gasteiger partial charge in [-0.25, -0.2) is 9.59 Å². The number of unbranched alkanes of at least 4 members (excludes halogenated alkanes) is 1. The Hall–Kier alpha value is -3.48. The van der Waals surface area contributed by atoms with Gasteiger partial charge < -0.3 is 15.3 Å². The molecular weight excluding hydrogens is 456 g/mol. The fourth-order valence-corrected chi connectivity index (χ4v) is 4.49. The zero-order valence-electron chi connectivity index (χ0n) is 21.8. The largest absolute Gasteiger partial charge is 0.387 e. The van der Waals surface area contributed by atoms with Gasteiger partial charge in [0.2, 0.25) is 6.10 Å². The number of amides is 1. The Kier molecular flexibility index (Phi) is 8.33. The van der Waals surface area contributed by atoms with Gasteiger partial charge in [-0.1, -0.05) is 76.5 Å². The van der Waals surface area contributed by atoms with E-state index in [1.54, 1.807) is 30.3 Å². The van der Waals surface area contributed by atoms with Crippen LogP contribution in [0.4, 0.5) is 0 Å². The summed E-state index contributed by atoms with van der Waals surface area (Å²) < 4.78 is 5.03. The molecule has 2 aromatic rings. The number of nitrogens with two attached hydrogens (primary N) is 1. The van der Waals surface area contributed by atoms with Gasteiger partial charge in [-0.3, -0.25) is 4.79 Å². The van der Waals surface area contributed by atoms with Crippen molar-refractivity contribution in [1.82, 2.24) is 0 Å². The lowest BCUT2D eigenvalue weighted by Crippen LogP contribution is -2.34. The maximum atomic E-state index is 12.7. The highest BCUT2D eigenvalue weighted by atomic mass is 16.7. The number of carbonyl (C=O) groups is 3. The molecule has 3 rings (SSSR count). The summed E-state index contributed by atoms with van der Waals surface area (Å²) in [6.07, 6.45) is 2.63. The molecule has 0 bridgehead atoms. The summed E-state index contributed by atoms with van der Waals surface area (Å²) in [6.45, 7) is 10.8. The molecule has 0 heterocycles. The van der Waals surface area contributed by atoms with Gasteiger partial charge in [0.05, 0.1) is 5.56 Å². The van der Waals surface area contributed by atoms with Crippen LogP contribution in [0.2, 0.25) is 0 Å². The number of rotatable bonds is 9. The van der Waals surface area contributed by atoms with Crippen molar-refractivity contribution in [1.29, 1.82) is 0 Å². The topological polar surface area (TPSA) is 108 Å². The molecule has 1 amide bonds. The molecule has 0 spiro atoms. The number of esters is 2. The maximum absolute atomic E-state index is 12.7. The zero-order chi connectivity index (χ0) is 26.5. The molecule has 2 aromatic carbocycles. The molecule has 0 saturated carbocycles. The van der Waals surface area contributed by atoms with Crippen molar-refractivity contribution < 1.29 is 24.0 Å². The van der Waals surface area contributed by atoms with Gasteiger partial charge in [0.25, 0.3) is 5.91 Å². The zero-order valence-corrected chi connectivity index (χ0v) is 21.8. The van der Waals surface area contributed by atoms with E-state index >= 15 is 0 Å². The standard InChI is InChI=1S/C29H36N2O5/c1-6-7-13-23(27(34)35-26(33)19-11-9-8-10-12-19)36-31-24(25(30)32)20-14-15-21-22(18-20)29(4,5)17-16-28(21,2)3/h8-12,14-15,18,23H,6-7,13,16-17H2,1-5H3,(H2,30,32). The molecule has 1 atom stereocenters. The molecule has 1 unspecified atom stereocenters. The lowest BCUT2D eigenvalue weighted by Gasteiger charge is -2.42. The number of nitrogens with zero attached hydrogens (tertiary/aromatic N) is 1. The molecule has 0 saturated heterocycles. The highest BCUT2D eigenvalue weighted by molar-refractivity contribution is 6.44. The Morgan fingerprint density at radius 3 is 2.19 bits per heavy atom. The van der Waals surface area contributed by atoms with Gasteiger partial charge in [-0.05, 0) is 65.8 Å². The number of benzene rings is 2. The molecule has 1 aliphatic carbocycles. The predicted molar refractivity (Wildman–Crippen MR) is 139 cm³/mol. The van der Waals surface area contributed by atoms with E-state index in [-0.39, 0.29) is 28.5 Å². The van der Waals surface area contributed by atoms with E-state index < -0.39 is 23.9 Å². The lowest BCUT2D eigenvalue weighted by molar-refractivity contribution is -0.151. The van der Waals surface area contributed by atoms with Gasteiger partial charge >= 0.3 is 11.9 Å². The second-order valence-electron chi connectivity index (χ2n) is 10.6. The van der Waals surface area contributed by atoms with Crippen molar-refractivity contribution in [2.45, 2.75) is 83.7 Å². The van der Waals surface area contributed by atoms with Crippen molar-refractivity contribution in [3.05, 3.63) is 70.8 Å². The fourth-order valence-electron chi connectivity index (χ4n) is 4.49. The summed E-state index contributed by atoms with van der Waals surface area (Å²) in [6, 6.07) is 14.0. The van der Waals surface area contributed by atoms with Crippen molar-refractivity contribution in [2.75, 3.05) is 0 Å². The van der Waals surface area contributed by atoms with Crippen molar-refractivity contribution in [2.24, 2.45) is 10.9 Å². The van der Waals surface area contributed by atoms with Crippen LogP contribution < -0.4 is 5.73 Å². The highest BCUT2D eigenvalue weighted by Gasteiger charge is 2.37. The molecule has 0 radical (unpaired) electrons. The van der Waals surface area contributed by atoms with Crippen LogP contribution in [0, 0.1) is 0 Å². The first-order valence-electron chi connectivity index (χ1n) is 12.5. The Balaban J connectivity index is 1.87. The molecule has 7 nitrogen and oxygen atoms in total. The molecular formula is C29H36N2O5. The summed E-state index contributed by atoms with van der Waals surface area (Å²) in [5, 5.41) is 4.01. The minimum absolute atomic E-state index is 0.0181. The average Bonchev–Trinajstić information content (AvgIpc) is 2.84. The van der Waals surface area contributed by atoms with Gasteiger partial charge in [-0.15, -0.1) is 0 Å². The Morgan fingerprint density at radius 2 is 1.58 bits per heavy atom. The number of ether oxygens (including phenoxy) is 1. The summed E-state index contributed by atoms with van der Waals surface area (Å²) in [4.78, 5) is 43.0. The van der Waals surface area contributed by atoms with Crippen LogP contribution >= 0.6 is 0 Å². The highest BCUT2D eigenvalue weighted by Crippen LogP contribution is 2.45. The van der Waals surface area contributed by atoms with Crippen LogP contribution in [0.5, 0.6) is 0 Å². The third kappa shape index (κ3) is 6.20. The number of carbonyl (C=O) groups excluding carboxylic acids is 3. The van der Waals surface area contributed by atoms with E-state index in [0.29, 0.717) is 12.0 Å². The fraction of sp³-hybridized carbons (Fsp3) is 0.448. The summed E-state index contributed by atoms with van der Waals surface area (Å²) in [7, 11) is 0. The smallest absolute Gasteiger partial charge is 0.358 e. The van der Waals surface area contributed by atoms with Crippen molar-refractivity contribution in [3.63, 3.8) is 0 Å². The third-order valence-electron chi connectivity index (χ3n) is 6.92. The van der Waals surface area contributed by atoms with E-state index in [4.69, 9.17) is 15.3 Å². The van der Waals surface area contributed by atoms with Gasteiger partial charge in [-0.2, -0.15) is 0 Å². The molecule has 2 N–H and O–H groups in total. The number of hydrogen-bond acceptors (Lipinski definition) is 6. The van der Waals surface area contributed by atoms with Crippen LogP contribution in [0.3, 0.4) is 0 Å².